The summed E-state index contributed by atoms with van der Waals surface area (Å²) in [4.78, 5) is 9.98. The summed E-state index contributed by atoms with van der Waals surface area (Å²) >= 11 is 0.928. The smallest absolute Gasteiger partial charge is 0.258 e. The van der Waals surface area contributed by atoms with Gasteiger partial charge in [0, 0.05) is 14.1 Å². The molecule has 0 saturated heterocycles. The highest BCUT2D eigenvalue weighted by Gasteiger charge is 2.22. The Bertz CT molecular complexity index is 463. The maximum Gasteiger partial charge on any atom is 0.328 e. The van der Waals surface area contributed by atoms with Crippen molar-refractivity contribution in [1.82, 2.24) is 4.31 Å². The predicted molar refractivity (Wildman–Crippen MR) is 57.3 cm³/mol. The molecule has 0 aliphatic heterocycles. The second-order valence-corrected chi connectivity index (χ2v) is 6.12. The molecule has 1 aromatic rings. The number of sulfonamides is 1. The van der Waals surface area contributed by atoms with Crippen LogP contribution in [0.2, 0.25) is 0 Å². The molecule has 1 heterocycles. The van der Waals surface area contributed by atoms with E-state index in [1.807, 2.05) is 0 Å². The molecule has 0 aliphatic carbocycles. The molecule has 0 radical (unpaired) electrons. The fraction of sp³-hybridized carbons (Fsp3) is 0.429. The van der Waals surface area contributed by atoms with E-state index in [-0.39, 0.29) is 16.3 Å². The van der Waals surface area contributed by atoms with Crippen molar-refractivity contribution in [1.29, 1.82) is 0 Å². The molecule has 0 amide bonds. The highest BCUT2D eigenvalue weighted by atomic mass is 32.2. The lowest BCUT2D eigenvalue weighted by atomic mass is 10.4. The van der Waals surface area contributed by atoms with Gasteiger partial charge in [0.15, 0.2) is 0 Å². The molecular formula is C7H10N2O4S2. The van der Waals surface area contributed by atoms with Crippen LogP contribution in [0.3, 0.4) is 0 Å². The van der Waals surface area contributed by atoms with E-state index in [0.29, 0.717) is 0 Å². The summed E-state index contributed by atoms with van der Waals surface area (Å²) < 4.78 is 24.0. The Morgan fingerprint density at radius 3 is 2.60 bits per heavy atom. The Balaban J connectivity index is 3.01. The Hall–Kier alpha value is -0.990. The lowest BCUT2D eigenvalue weighted by Crippen LogP contribution is -2.23. The average molecular weight is 250 g/mol. The van der Waals surface area contributed by atoms with Gasteiger partial charge in [-0.25, -0.2) is 12.7 Å². The molecule has 0 fully saturated rings. The summed E-state index contributed by atoms with van der Waals surface area (Å²) in [6.45, 7) is 0. The third-order valence-corrected chi connectivity index (χ3v) is 4.48. The van der Waals surface area contributed by atoms with Crippen LogP contribution in [0.15, 0.2) is 11.4 Å². The van der Waals surface area contributed by atoms with Crippen LogP contribution in [-0.2, 0) is 15.8 Å². The monoisotopic (exact) mass is 250 g/mol. The molecule has 0 aliphatic rings. The van der Waals surface area contributed by atoms with E-state index >= 15 is 0 Å². The largest absolute Gasteiger partial charge is 0.328 e. The lowest BCUT2D eigenvalue weighted by molar-refractivity contribution is -0.380. The second-order valence-electron chi connectivity index (χ2n) is 3.05. The highest BCUT2D eigenvalue weighted by molar-refractivity contribution is 7.88. The number of nitrogens with zero attached hydrogens (tertiary/aromatic N) is 2. The van der Waals surface area contributed by atoms with Gasteiger partial charge in [-0.05, 0) is 11.4 Å². The topological polar surface area (TPSA) is 80.5 Å². The lowest BCUT2D eigenvalue weighted by Gasteiger charge is -2.09. The molecule has 84 valence electrons. The summed E-state index contributed by atoms with van der Waals surface area (Å²) in [7, 11) is -0.649. The first kappa shape index (κ1) is 12.1. The molecule has 0 aromatic carbocycles. The van der Waals surface area contributed by atoms with Crippen molar-refractivity contribution in [3.63, 3.8) is 0 Å². The summed E-state index contributed by atoms with van der Waals surface area (Å²) in [5, 5.41) is 11.9. The first-order valence-corrected chi connectivity index (χ1v) is 6.44. The van der Waals surface area contributed by atoms with Crippen LogP contribution in [0.5, 0.6) is 0 Å². The molecule has 0 bridgehead atoms. The molecule has 0 spiro atoms. The molecule has 0 N–H and O–H groups in total. The fourth-order valence-electron chi connectivity index (χ4n) is 0.923. The quantitative estimate of drug-likeness (QED) is 0.591. The van der Waals surface area contributed by atoms with Crippen molar-refractivity contribution in [2.45, 2.75) is 5.75 Å². The van der Waals surface area contributed by atoms with Crippen LogP contribution in [0.25, 0.3) is 0 Å². The minimum Gasteiger partial charge on any atom is -0.258 e. The third-order valence-electron chi connectivity index (χ3n) is 1.78. The van der Waals surface area contributed by atoms with Crippen molar-refractivity contribution in [3.8, 4) is 0 Å². The normalized spacial score (nSPS) is 11.9. The van der Waals surface area contributed by atoms with Crippen molar-refractivity contribution >= 4 is 26.4 Å². The van der Waals surface area contributed by atoms with E-state index in [2.05, 4.69) is 0 Å². The van der Waals surface area contributed by atoms with Gasteiger partial charge in [-0.3, -0.25) is 10.1 Å². The summed E-state index contributed by atoms with van der Waals surface area (Å²) in [5.74, 6) is -0.334. The Morgan fingerprint density at radius 2 is 2.13 bits per heavy atom. The van der Waals surface area contributed by atoms with Gasteiger partial charge in [-0.2, -0.15) is 0 Å². The van der Waals surface area contributed by atoms with Gasteiger partial charge in [0.2, 0.25) is 10.0 Å². The van der Waals surface area contributed by atoms with Crippen LogP contribution in [0.4, 0.5) is 5.00 Å². The molecule has 1 aromatic heterocycles. The minimum atomic E-state index is -3.44. The second kappa shape index (κ2) is 4.25. The molecule has 6 nitrogen and oxygen atoms in total. The number of hydrogen-bond donors (Lipinski definition) is 0. The molecule has 0 atom stereocenters. The maximum atomic E-state index is 11.5. The van der Waals surface area contributed by atoms with Gasteiger partial charge in [0.05, 0.1) is 16.2 Å². The zero-order chi connectivity index (χ0) is 11.6. The van der Waals surface area contributed by atoms with Gasteiger partial charge in [0.1, 0.15) is 0 Å². The van der Waals surface area contributed by atoms with E-state index in [1.54, 1.807) is 0 Å². The van der Waals surface area contributed by atoms with Crippen molar-refractivity contribution in [3.05, 3.63) is 27.1 Å². The van der Waals surface area contributed by atoms with Crippen LogP contribution in [0.1, 0.15) is 5.56 Å². The van der Waals surface area contributed by atoms with E-state index in [9.17, 15) is 18.5 Å². The van der Waals surface area contributed by atoms with Gasteiger partial charge < -0.3 is 0 Å². The molecule has 1 rings (SSSR count). The average Bonchev–Trinajstić information content (AvgIpc) is 2.51. The van der Waals surface area contributed by atoms with Crippen LogP contribution >= 0.6 is 11.3 Å². The standard InChI is InChI=1S/C7H10N2O4S2/c1-8(2)15(12,13)5-6-3-4-14-7(6)9(10)11/h3-4H,5H2,1-2H3. The third kappa shape index (κ3) is 2.74. The maximum absolute atomic E-state index is 11.5. The van der Waals surface area contributed by atoms with E-state index < -0.39 is 14.9 Å². The summed E-state index contributed by atoms with van der Waals surface area (Å²) in [6.07, 6.45) is 0. The van der Waals surface area contributed by atoms with E-state index in [0.717, 1.165) is 15.6 Å². The number of hydrogen-bond acceptors (Lipinski definition) is 5. The number of rotatable bonds is 4. The van der Waals surface area contributed by atoms with Crippen LogP contribution < -0.4 is 0 Å². The number of nitro groups is 1. The van der Waals surface area contributed by atoms with Crippen LogP contribution in [0, 0.1) is 10.1 Å². The van der Waals surface area contributed by atoms with E-state index in [1.165, 1.54) is 25.5 Å². The van der Waals surface area contributed by atoms with Gasteiger partial charge in [-0.15, -0.1) is 0 Å². The summed E-state index contributed by atoms with van der Waals surface area (Å²) in [6, 6.07) is 1.46. The van der Waals surface area contributed by atoms with E-state index in [4.69, 9.17) is 0 Å². The molecular weight excluding hydrogens is 240 g/mol. The first-order chi connectivity index (χ1) is 6.84. The Labute approximate surface area is 91.3 Å². The van der Waals surface area contributed by atoms with Crippen molar-refractivity contribution in [2.24, 2.45) is 0 Å². The molecule has 8 heteroatoms. The Kier molecular flexibility index (Phi) is 3.42. The molecule has 0 saturated carbocycles. The highest BCUT2D eigenvalue weighted by Crippen LogP contribution is 2.27. The SMILES string of the molecule is CN(C)S(=O)(=O)Cc1ccsc1[N+](=O)[O-]. The van der Waals surface area contributed by atoms with Crippen molar-refractivity contribution < 1.29 is 13.3 Å². The predicted octanol–water partition coefficient (Wildman–Crippen LogP) is 1.05. The number of thiophene rings is 1. The van der Waals surface area contributed by atoms with Crippen molar-refractivity contribution in [2.75, 3.05) is 14.1 Å². The zero-order valence-electron chi connectivity index (χ0n) is 8.21. The first-order valence-electron chi connectivity index (χ1n) is 3.95. The van der Waals surface area contributed by atoms with Crippen LogP contribution in [-0.4, -0.2) is 31.7 Å². The Morgan fingerprint density at radius 1 is 1.53 bits per heavy atom. The summed E-state index contributed by atoms with van der Waals surface area (Å²) in [5.41, 5.74) is 0.235. The zero-order valence-corrected chi connectivity index (χ0v) is 9.84. The van der Waals surface area contributed by atoms with Gasteiger partial charge in [-0.1, -0.05) is 11.3 Å². The minimum absolute atomic E-state index is 0.111. The fourth-order valence-corrected chi connectivity index (χ4v) is 2.64. The van der Waals surface area contributed by atoms with Gasteiger partial charge in [0.25, 0.3) is 0 Å². The molecule has 0 unspecified atom stereocenters. The molecule has 15 heavy (non-hydrogen) atoms. The van der Waals surface area contributed by atoms with Gasteiger partial charge >= 0.3 is 5.00 Å².